The predicted molar refractivity (Wildman–Crippen MR) is 86.9 cm³/mol. The zero-order valence-electron chi connectivity index (χ0n) is 11.8. The molecule has 0 aliphatic rings. The van der Waals surface area contributed by atoms with Gasteiger partial charge in [0.2, 0.25) is 0 Å². The highest BCUT2D eigenvalue weighted by Gasteiger charge is 2.17. The third-order valence-corrected chi connectivity index (χ3v) is 4.20. The first-order chi connectivity index (χ1) is 10.5. The number of halogens is 2. The summed E-state index contributed by atoms with van der Waals surface area (Å²) in [6.07, 6.45) is 1.09. The Morgan fingerprint density at radius 3 is 2.59 bits per heavy atom. The van der Waals surface area contributed by atoms with Gasteiger partial charge in [0.1, 0.15) is 5.82 Å². The predicted octanol–water partition coefficient (Wildman–Crippen LogP) is 3.66. The molecule has 0 saturated heterocycles. The molecule has 0 aromatic heterocycles. The number of aliphatic hydroxyl groups excluding tert-OH is 1. The van der Waals surface area contributed by atoms with Crippen molar-refractivity contribution in [2.24, 2.45) is 0 Å². The number of rotatable bonds is 5. The van der Waals surface area contributed by atoms with Crippen molar-refractivity contribution >= 4 is 29.3 Å². The van der Waals surface area contributed by atoms with Crippen molar-refractivity contribution in [1.82, 2.24) is 5.32 Å². The summed E-state index contributed by atoms with van der Waals surface area (Å²) in [5.74, 6) is -1.34. The molecular formula is C16H15ClFNO2S. The van der Waals surface area contributed by atoms with Crippen LogP contribution in [-0.2, 0) is 0 Å². The maximum absolute atomic E-state index is 13.6. The molecule has 0 unspecified atom stereocenters. The lowest BCUT2D eigenvalue weighted by atomic mass is 10.1. The summed E-state index contributed by atoms with van der Waals surface area (Å²) in [6.45, 7) is -0.0257. The number of thioether (sulfide) groups is 1. The number of carbonyl (C=O) groups is 1. The second kappa shape index (κ2) is 7.63. The normalized spacial score (nSPS) is 12.0. The molecule has 3 nitrogen and oxygen atoms in total. The molecular weight excluding hydrogens is 325 g/mol. The maximum atomic E-state index is 13.6. The number of hydrogen-bond acceptors (Lipinski definition) is 3. The first-order valence-electron chi connectivity index (χ1n) is 6.57. The molecule has 0 radical (unpaired) electrons. The zero-order valence-corrected chi connectivity index (χ0v) is 13.4. The van der Waals surface area contributed by atoms with Crippen LogP contribution in [0.25, 0.3) is 0 Å². The molecule has 1 atom stereocenters. The molecule has 0 saturated carbocycles. The van der Waals surface area contributed by atoms with Crippen molar-refractivity contribution in [2.75, 3.05) is 12.8 Å². The lowest BCUT2D eigenvalue weighted by molar-refractivity contribution is 0.0912. The van der Waals surface area contributed by atoms with E-state index in [0.29, 0.717) is 5.56 Å². The second-order valence-electron chi connectivity index (χ2n) is 4.60. The minimum atomic E-state index is -0.870. The molecule has 0 fully saturated rings. The Labute approximate surface area is 137 Å². The highest BCUT2D eigenvalue weighted by atomic mass is 35.5. The van der Waals surface area contributed by atoms with Crippen molar-refractivity contribution < 1.29 is 14.3 Å². The fourth-order valence-corrected chi connectivity index (χ4v) is 2.59. The van der Waals surface area contributed by atoms with Crippen LogP contribution in [0.5, 0.6) is 0 Å². The molecule has 2 aromatic rings. The zero-order chi connectivity index (χ0) is 16.1. The summed E-state index contributed by atoms with van der Waals surface area (Å²) in [7, 11) is 0. The fraction of sp³-hybridized carbons (Fsp3) is 0.188. The van der Waals surface area contributed by atoms with Gasteiger partial charge in [-0.3, -0.25) is 4.79 Å². The van der Waals surface area contributed by atoms with E-state index in [-0.39, 0.29) is 17.1 Å². The monoisotopic (exact) mass is 339 g/mol. The van der Waals surface area contributed by atoms with Crippen LogP contribution in [0, 0.1) is 5.82 Å². The van der Waals surface area contributed by atoms with Gasteiger partial charge in [0.25, 0.3) is 5.91 Å². The summed E-state index contributed by atoms with van der Waals surface area (Å²) in [4.78, 5) is 13.1. The van der Waals surface area contributed by atoms with Crippen LogP contribution < -0.4 is 5.32 Å². The highest BCUT2D eigenvalue weighted by Crippen LogP contribution is 2.20. The van der Waals surface area contributed by atoms with E-state index in [2.05, 4.69) is 5.32 Å². The van der Waals surface area contributed by atoms with Crippen LogP contribution in [-0.4, -0.2) is 23.8 Å². The Morgan fingerprint density at radius 2 is 2.00 bits per heavy atom. The number of nitrogens with one attached hydrogen (secondary N) is 1. The van der Waals surface area contributed by atoms with Crippen LogP contribution in [0.15, 0.2) is 47.4 Å². The molecule has 0 heterocycles. The van der Waals surface area contributed by atoms with Crippen LogP contribution in [0.1, 0.15) is 22.0 Å². The molecule has 0 aliphatic heterocycles. The van der Waals surface area contributed by atoms with Gasteiger partial charge in [-0.05, 0) is 36.1 Å². The van der Waals surface area contributed by atoms with Crippen LogP contribution in [0.2, 0.25) is 5.02 Å². The maximum Gasteiger partial charge on any atom is 0.255 e. The Kier molecular flexibility index (Phi) is 5.83. The average Bonchev–Trinajstić information content (AvgIpc) is 2.52. The molecule has 2 N–H and O–H groups in total. The minimum absolute atomic E-state index is 0.0257. The van der Waals surface area contributed by atoms with E-state index < -0.39 is 17.8 Å². The van der Waals surface area contributed by atoms with E-state index in [1.54, 1.807) is 23.9 Å². The van der Waals surface area contributed by atoms with Crippen molar-refractivity contribution in [3.05, 3.63) is 64.4 Å². The quantitative estimate of drug-likeness (QED) is 0.817. The van der Waals surface area contributed by atoms with Crippen molar-refractivity contribution in [1.29, 1.82) is 0 Å². The van der Waals surface area contributed by atoms with Gasteiger partial charge in [0.05, 0.1) is 16.7 Å². The van der Waals surface area contributed by atoms with Gasteiger partial charge >= 0.3 is 0 Å². The number of amides is 1. The lowest BCUT2D eigenvalue weighted by Crippen LogP contribution is -2.29. The van der Waals surface area contributed by atoms with Crippen molar-refractivity contribution in [2.45, 2.75) is 11.0 Å². The molecule has 116 valence electrons. The SMILES string of the molecule is CSc1ccc([C@H](O)CNC(=O)c2c(F)cccc2Cl)cc1. The number of benzene rings is 2. The Hall–Kier alpha value is -1.56. The van der Waals surface area contributed by atoms with E-state index in [1.165, 1.54) is 18.2 Å². The molecule has 0 spiro atoms. The number of carbonyl (C=O) groups excluding carboxylic acids is 1. The summed E-state index contributed by atoms with van der Waals surface area (Å²) >= 11 is 7.42. The molecule has 0 bridgehead atoms. The third kappa shape index (κ3) is 4.00. The topological polar surface area (TPSA) is 49.3 Å². The molecule has 1 amide bonds. The van der Waals surface area contributed by atoms with Crippen molar-refractivity contribution in [3.63, 3.8) is 0 Å². The van der Waals surface area contributed by atoms with Gasteiger partial charge in [-0.25, -0.2) is 4.39 Å². The molecule has 2 aromatic carbocycles. The van der Waals surface area contributed by atoms with E-state index >= 15 is 0 Å². The van der Waals surface area contributed by atoms with Gasteiger partial charge < -0.3 is 10.4 Å². The van der Waals surface area contributed by atoms with E-state index in [0.717, 1.165) is 4.90 Å². The lowest BCUT2D eigenvalue weighted by Gasteiger charge is -2.13. The van der Waals surface area contributed by atoms with Crippen LogP contribution in [0.4, 0.5) is 4.39 Å². The Bertz CT molecular complexity index is 643. The molecule has 2 rings (SSSR count). The van der Waals surface area contributed by atoms with Gasteiger partial charge in [-0.1, -0.05) is 29.8 Å². The largest absolute Gasteiger partial charge is 0.387 e. The van der Waals surface area contributed by atoms with E-state index in [1.807, 2.05) is 18.4 Å². The summed E-state index contributed by atoms with van der Waals surface area (Å²) in [5.41, 5.74) is 0.465. The van der Waals surface area contributed by atoms with Gasteiger partial charge in [0.15, 0.2) is 0 Å². The van der Waals surface area contributed by atoms with Gasteiger partial charge in [-0.15, -0.1) is 11.8 Å². The summed E-state index contributed by atoms with van der Waals surface area (Å²) in [5, 5.41) is 12.6. The fourth-order valence-electron chi connectivity index (χ4n) is 1.94. The van der Waals surface area contributed by atoms with E-state index in [4.69, 9.17) is 11.6 Å². The Balaban J connectivity index is 2.01. The summed E-state index contributed by atoms with van der Waals surface area (Å²) < 4.78 is 13.6. The number of hydrogen-bond donors (Lipinski definition) is 2. The van der Waals surface area contributed by atoms with Crippen molar-refractivity contribution in [3.8, 4) is 0 Å². The van der Waals surface area contributed by atoms with Gasteiger partial charge in [0, 0.05) is 11.4 Å². The standard InChI is InChI=1S/C16H15ClFNO2S/c1-22-11-7-5-10(6-8-11)14(20)9-19-16(21)15-12(17)3-2-4-13(15)18/h2-8,14,20H,9H2,1H3,(H,19,21)/t14-/m1/s1. The van der Waals surface area contributed by atoms with Crippen LogP contribution >= 0.6 is 23.4 Å². The highest BCUT2D eigenvalue weighted by molar-refractivity contribution is 7.98. The summed E-state index contributed by atoms with van der Waals surface area (Å²) in [6, 6.07) is 11.4. The van der Waals surface area contributed by atoms with Crippen LogP contribution in [0.3, 0.4) is 0 Å². The first kappa shape index (κ1) is 16.8. The second-order valence-corrected chi connectivity index (χ2v) is 5.88. The molecule has 0 aliphatic carbocycles. The van der Waals surface area contributed by atoms with E-state index in [9.17, 15) is 14.3 Å². The minimum Gasteiger partial charge on any atom is -0.387 e. The molecule has 22 heavy (non-hydrogen) atoms. The number of aliphatic hydroxyl groups is 1. The molecule has 6 heteroatoms. The smallest absolute Gasteiger partial charge is 0.255 e. The first-order valence-corrected chi connectivity index (χ1v) is 8.17. The third-order valence-electron chi connectivity index (χ3n) is 3.15. The van der Waals surface area contributed by atoms with Gasteiger partial charge in [-0.2, -0.15) is 0 Å². The average molecular weight is 340 g/mol. The Morgan fingerprint density at radius 1 is 1.32 bits per heavy atom.